The third-order valence-corrected chi connectivity index (χ3v) is 12.0. The van der Waals surface area contributed by atoms with E-state index in [-0.39, 0.29) is 31.1 Å². The van der Waals surface area contributed by atoms with Crippen molar-refractivity contribution >= 4 is 17.9 Å². The predicted octanol–water partition coefficient (Wildman–Crippen LogP) is 19.5. The number of carbonyl (C=O) groups excluding carboxylic acids is 3. The second-order valence-corrected chi connectivity index (χ2v) is 18.8. The molecule has 1 atom stereocenters. The van der Waals surface area contributed by atoms with E-state index in [2.05, 4.69) is 130 Å². The largest absolute Gasteiger partial charge is 0.462 e. The fourth-order valence-corrected chi connectivity index (χ4v) is 7.71. The van der Waals surface area contributed by atoms with Gasteiger partial charge >= 0.3 is 17.9 Å². The van der Waals surface area contributed by atoms with Crippen LogP contribution in [0.2, 0.25) is 0 Å². The van der Waals surface area contributed by atoms with E-state index in [0.29, 0.717) is 19.3 Å². The molecule has 0 aliphatic heterocycles. The molecular weight excluding hydrogens is 865 g/mol. The summed E-state index contributed by atoms with van der Waals surface area (Å²) in [7, 11) is 0. The van der Waals surface area contributed by atoms with Crippen LogP contribution in [0.1, 0.15) is 258 Å². The first kappa shape index (κ1) is 66.1. The lowest BCUT2D eigenvalue weighted by atomic mass is 10.1. The van der Waals surface area contributed by atoms with Gasteiger partial charge in [-0.15, -0.1) is 0 Å². The highest BCUT2D eigenvalue weighted by atomic mass is 16.6. The molecule has 0 fully saturated rings. The summed E-state index contributed by atoms with van der Waals surface area (Å²) in [5.41, 5.74) is 0. The van der Waals surface area contributed by atoms with Crippen molar-refractivity contribution < 1.29 is 28.6 Å². The number of carbonyl (C=O) groups is 3. The van der Waals surface area contributed by atoms with Gasteiger partial charge in [0, 0.05) is 19.3 Å². The Labute approximate surface area is 431 Å². The Kier molecular flexibility index (Phi) is 54.4. The van der Waals surface area contributed by atoms with Gasteiger partial charge in [-0.1, -0.05) is 226 Å². The van der Waals surface area contributed by atoms with Gasteiger partial charge in [0.2, 0.25) is 0 Å². The van der Waals surface area contributed by atoms with Gasteiger partial charge in [-0.2, -0.15) is 0 Å². The topological polar surface area (TPSA) is 78.9 Å². The summed E-state index contributed by atoms with van der Waals surface area (Å²) in [6, 6.07) is 0. The molecule has 398 valence electrons. The molecule has 0 aromatic heterocycles. The van der Waals surface area contributed by atoms with Gasteiger partial charge < -0.3 is 14.2 Å². The van der Waals surface area contributed by atoms with Gasteiger partial charge in [0.15, 0.2) is 6.10 Å². The van der Waals surface area contributed by atoms with Crippen molar-refractivity contribution in [1.82, 2.24) is 0 Å². The van der Waals surface area contributed by atoms with Crippen molar-refractivity contribution in [2.75, 3.05) is 13.2 Å². The smallest absolute Gasteiger partial charge is 0.306 e. The van der Waals surface area contributed by atoms with Crippen LogP contribution in [-0.4, -0.2) is 37.2 Å². The summed E-state index contributed by atoms with van der Waals surface area (Å²) < 4.78 is 16.8. The fraction of sp³-hybridized carbons (Fsp3) is 0.672. The molecule has 0 radical (unpaired) electrons. The molecule has 0 bridgehead atoms. The van der Waals surface area contributed by atoms with Gasteiger partial charge in [-0.25, -0.2) is 0 Å². The summed E-state index contributed by atoms with van der Waals surface area (Å²) in [5.74, 6) is -0.958. The minimum Gasteiger partial charge on any atom is -0.462 e. The summed E-state index contributed by atoms with van der Waals surface area (Å²) in [6.45, 7) is 6.36. The lowest BCUT2D eigenvalue weighted by Gasteiger charge is -2.18. The molecule has 70 heavy (non-hydrogen) atoms. The van der Waals surface area contributed by atoms with Gasteiger partial charge in [0.25, 0.3) is 0 Å². The Morgan fingerprint density at radius 3 is 0.914 bits per heavy atom. The second kappa shape index (κ2) is 57.6. The van der Waals surface area contributed by atoms with Crippen LogP contribution in [0.25, 0.3) is 0 Å². The summed E-state index contributed by atoms with van der Waals surface area (Å²) >= 11 is 0. The first-order chi connectivity index (χ1) is 34.5. The third kappa shape index (κ3) is 55.0. The van der Waals surface area contributed by atoms with E-state index in [9.17, 15) is 14.4 Å². The van der Waals surface area contributed by atoms with E-state index < -0.39 is 6.10 Å². The highest BCUT2D eigenvalue weighted by Gasteiger charge is 2.19. The SMILES string of the molecule is CC/C=C\C/C=C\C/C=C\C/C=C\CCCCCCCCCCC(=O)OCC(COC(=O)CCCC/C=C\C/C=C\C/C=C\C/C=C\CC)OC(=O)CCCCCCC/C=C\CCCCCCCCC. The molecule has 0 N–H and O–H groups in total. The van der Waals surface area contributed by atoms with Crippen molar-refractivity contribution in [2.45, 2.75) is 264 Å². The molecule has 0 aliphatic carbocycles. The van der Waals surface area contributed by atoms with Crippen LogP contribution in [-0.2, 0) is 28.6 Å². The van der Waals surface area contributed by atoms with Gasteiger partial charge in [-0.05, 0) is 122 Å². The van der Waals surface area contributed by atoms with Crippen molar-refractivity contribution in [3.63, 3.8) is 0 Å². The molecule has 0 aliphatic rings. The number of hydrogen-bond donors (Lipinski definition) is 0. The van der Waals surface area contributed by atoms with Crippen molar-refractivity contribution in [3.05, 3.63) is 109 Å². The predicted molar refractivity (Wildman–Crippen MR) is 302 cm³/mol. The highest BCUT2D eigenvalue weighted by Crippen LogP contribution is 2.14. The molecular formula is C64H106O6. The second-order valence-electron chi connectivity index (χ2n) is 18.8. The Hall–Kier alpha value is -3.93. The molecule has 0 saturated heterocycles. The zero-order chi connectivity index (χ0) is 50.7. The number of unbranched alkanes of at least 4 members (excludes halogenated alkanes) is 22. The number of ether oxygens (including phenoxy) is 3. The van der Waals surface area contributed by atoms with E-state index in [1.54, 1.807) is 0 Å². The first-order valence-electron chi connectivity index (χ1n) is 28.9. The Morgan fingerprint density at radius 1 is 0.300 bits per heavy atom. The quantitative estimate of drug-likeness (QED) is 0.0262. The van der Waals surface area contributed by atoms with Gasteiger partial charge in [0.1, 0.15) is 13.2 Å². The van der Waals surface area contributed by atoms with Crippen LogP contribution in [0.15, 0.2) is 109 Å². The summed E-state index contributed by atoms with van der Waals surface area (Å²) in [5, 5.41) is 0. The van der Waals surface area contributed by atoms with Crippen LogP contribution >= 0.6 is 0 Å². The summed E-state index contributed by atoms with van der Waals surface area (Å²) in [4.78, 5) is 38.2. The number of esters is 3. The van der Waals surface area contributed by atoms with Crippen molar-refractivity contribution in [1.29, 1.82) is 0 Å². The average Bonchev–Trinajstić information content (AvgIpc) is 3.36. The van der Waals surface area contributed by atoms with E-state index in [0.717, 1.165) is 128 Å². The molecule has 0 aromatic rings. The highest BCUT2D eigenvalue weighted by molar-refractivity contribution is 5.71. The maximum absolute atomic E-state index is 12.9. The van der Waals surface area contributed by atoms with Crippen LogP contribution in [0.3, 0.4) is 0 Å². The Balaban J connectivity index is 4.45. The first-order valence-corrected chi connectivity index (χ1v) is 28.9. The van der Waals surface area contributed by atoms with Gasteiger partial charge in [0.05, 0.1) is 0 Å². The molecule has 1 unspecified atom stereocenters. The fourth-order valence-electron chi connectivity index (χ4n) is 7.71. The molecule has 0 amide bonds. The molecule has 0 aromatic carbocycles. The molecule has 0 heterocycles. The lowest BCUT2D eigenvalue weighted by Crippen LogP contribution is -2.30. The van der Waals surface area contributed by atoms with Crippen LogP contribution < -0.4 is 0 Å². The average molecular weight is 972 g/mol. The van der Waals surface area contributed by atoms with E-state index in [4.69, 9.17) is 14.2 Å². The molecule has 6 heteroatoms. The minimum absolute atomic E-state index is 0.100. The van der Waals surface area contributed by atoms with Gasteiger partial charge in [-0.3, -0.25) is 14.4 Å². The minimum atomic E-state index is -0.805. The van der Waals surface area contributed by atoms with Crippen LogP contribution in [0.4, 0.5) is 0 Å². The lowest BCUT2D eigenvalue weighted by molar-refractivity contribution is -0.167. The standard InChI is InChI=1S/C64H106O6/c1-4-7-10-13-16-19-22-25-28-30-31-32-33-34-37-39-42-45-48-51-54-57-63(66)69-60-61(59-68-62(65)56-53-50-47-44-41-38-35-27-24-21-18-15-12-9-6-3)70-64(67)58-55-52-49-46-43-40-36-29-26-23-20-17-14-11-8-5-2/h7,9-10,12,16,18-19,21,25,27-29,31-32,35-36,41,44,61H,4-6,8,11,13-15,17,20,22-24,26,30,33-34,37-40,42-43,45-60H2,1-3H3/b10-7-,12-9-,19-16-,21-18-,28-25-,32-31-,35-27-,36-29-,44-41-. The number of allylic oxidation sites excluding steroid dienone is 18. The Morgan fingerprint density at radius 2 is 0.557 bits per heavy atom. The zero-order valence-corrected chi connectivity index (χ0v) is 45.5. The van der Waals surface area contributed by atoms with Crippen molar-refractivity contribution in [3.8, 4) is 0 Å². The normalized spacial score (nSPS) is 12.9. The molecule has 6 nitrogen and oxygen atoms in total. The number of rotatable bonds is 51. The van der Waals surface area contributed by atoms with Crippen LogP contribution in [0.5, 0.6) is 0 Å². The van der Waals surface area contributed by atoms with Crippen molar-refractivity contribution in [2.24, 2.45) is 0 Å². The maximum atomic E-state index is 12.9. The van der Waals surface area contributed by atoms with E-state index >= 15 is 0 Å². The third-order valence-electron chi connectivity index (χ3n) is 12.0. The number of hydrogen-bond acceptors (Lipinski definition) is 6. The molecule has 0 spiro atoms. The Bertz CT molecular complexity index is 1440. The summed E-state index contributed by atoms with van der Waals surface area (Å²) in [6.07, 6.45) is 77.9. The van der Waals surface area contributed by atoms with Crippen LogP contribution in [0, 0.1) is 0 Å². The van der Waals surface area contributed by atoms with E-state index in [1.807, 2.05) is 0 Å². The maximum Gasteiger partial charge on any atom is 0.306 e. The monoisotopic (exact) mass is 971 g/mol. The van der Waals surface area contributed by atoms with E-state index in [1.165, 1.54) is 89.9 Å². The molecule has 0 rings (SSSR count). The molecule has 0 saturated carbocycles. The zero-order valence-electron chi connectivity index (χ0n) is 45.5.